The number of nitrogen functional groups attached to an aromatic ring is 1. The maximum atomic E-state index is 13.2. The highest BCUT2D eigenvalue weighted by molar-refractivity contribution is 5.85. The van der Waals surface area contributed by atoms with Gasteiger partial charge in [-0.25, -0.2) is 14.6 Å². The maximum absolute atomic E-state index is 13.2. The molecule has 0 fully saturated rings. The zero-order valence-electron chi connectivity index (χ0n) is 11.7. The molecule has 4 aromatic heterocycles. The summed E-state index contributed by atoms with van der Waals surface area (Å²) in [5.41, 5.74) is 7.59. The molecule has 0 unspecified atom stereocenters. The first-order valence-corrected chi connectivity index (χ1v) is 6.73. The molecule has 0 aliphatic heterocycles. The zero-order valence-corrected chi connectivity index (χ0v) is 11.7. The van der Waals surface area contributed by atoms with Gasteiger partial charge in [-0.05, 0) is 24.3 Å². The van der Waals surface area contributed by atoms with Crippen LogP contribution < -0.4 is 5.73 Å². The molecule has 23 heavy (non-hydrogen) atoms. The third kappa shape index (κ3) is 2.37. The van der Waals surface area contributed by atoms with E-state index in [1.807, 2.05) is 0 Å². The number of nitrogens with zero attached hydrogens (tertiary/aromatic N) is 6. The summed E-state index contributed by atoms with van der Waals surface area (Å²) in [7, 11) is 0. The third-order valence-corrected chi connectivity index (χ3v) is 3.22. The lowest BCUT2D eigenvalue weighted by molar-refractivity contribution is 0.565. The first kappa shape index (κ1) is 13.3. The van der Waals surface area contributed by atoms with E-state index in [9.17, 15) is 4.39 Å². The number of halogens is 1. The van der Waals surface area contributed by atoms with Gasteiger partial charge < -0.3 is 10.2 Å². The summed E-state index contributed by atoms with van der Waals surface area (Å²) in [6.45, 7) is 0.211. The van der Waals surface area contributed by atoms with Crippen LogP contribution in [-0.2, 0) is 6.54 Å². The molecule has 2 N–H and O–H groups in total. The fourth-order valence-electron chi connectivity index (χ4n) is 2.26. The normalized spacial score (nSPS) is 11.2. The molecule has 0 aliphatic rings. The van der Waals surface area contributed by atoms with Gasteiger partial charge in [0.15, 0.2) is 16.9 Å². The first-order valence-electron chi connectivity index (χ1n) is 6.73. The predicted molar refractivity (Wildman–Crippen MR) is 78.5 cm³/mol. The van der Waals surface area contributed by atoms with Gasteiger partial charge in [-0.15, -0.1) is 5.10 Å². The van der Waals surface area contributed by atoms with Crippen LogP contribution in [0.2, 0.25) is 0 Å². The van der Waals surface area contributed by atoms with Crippen molar-refractivity contribution in [3.63, 3.8) is 0 Å². The van der Waals surface area contributed by atoms with Crippen LogP contribution in [0, 0.1) is 5.95 Å². The molecule has 0 aliphatic carbocycles. The molecule has 0 radical (unpaired) electrons. The number of aromatic nitrogens is 6. The lowest BCUT2D eigenvalue weighted by Gasteiger charge is -2.03. The molecular weight excluding hydrogens is 301 g/mol. The minimum absolute atomic E-state index is 0.0691. The van der Waals surface area contributed by atoms with E-state index in [-0.39, 0.29) is 12.5 Å². The minimum Gasteiger partial charge on any atom is -0.463 e. The van der Waals surface area contributed by atoms with Crippen LogP contribution in [0.5, 0.6) is 0 Å². The molecule has 0 aromatic carbocycles. The number of hydrogen-bond acceptors (Lipinski definition) is 7. The van der Waals surface area contributed by atoms with Crippen molar-refractivity contribution >= 4 is 17.1 Å². The summed E-state index contributed by atoms with van der Waals surface area (Å²) < 4.78 is 20.0. The number of pyridine rings is 1. The molecule has 0 spiro atoms. The van der Waals surface area contributed by atoms with Gasteiger partial charge in [0.05, 0.1) is 18.5 Å². The highest BCUT2D eigenvalue weighted by atomic mass is 19.1. The van der Waals surface area contributed by atoms with Gasteiger partial charge in [0, 0.05) is 0 Å². The van der Waals surface area contributed by atoms with Crippen molar-refractivity contribution in [1.82, 2.24) is 29.9 Å². The summed E-state index contributed by atoms with van der Waals surface area (Å²) in [5.74, 6) is 0.0250. The number of anilines is 1. The molecule has 4 rings (SSSR count). The standard InChI is InChI=1S/C14H10FN7O/c15-10-5-1-3-8(17-10)7-22-13-12(20-21-22)11(18-14(16)19-13)9-4-2-6-23-9/h1-6H,7H2,(H2,16,18,19). The van der Waals surface area contributed by atoms with Gasteiger partial charge in [-0.1, -0.05) is 11.3 Å². The van der Waals surface area contributed by atoms with Crippen LogP contribution in [0.4, 0.5) is 10.3 Å². The second-order valence-corrected chi connectivity index (χ2v) is 4.78. The van der Waals surface area contributed by atoms with Gasteiger partial charge in [0.25, 0.3) is 0 Å². The molecule has 0 amide bonds. The second kappa shape index (κ2) is 5.13. The minimum atomic E-state index is -0.558. The Morgan fingerprint density at radius 3 is 2.83 bits per heavy atom. The van der Waals surface area contributed by atoms with Crippen molar-refractivity contribution in [2.24, 2.45) is 0 Å². The topological polar surface area (TPSA) is 109 Å². The van der Waals surface area contributed by atoms with E-state index in [1.54, 1.807) is 24.3 Å². The Labute approximate surface area is 128 Å². The smallest absolute Gasteiger partial charge is 0.222 e. The van der Waals surface area contributed by atoms with Gasteiger partial charge in [-0.2, -0.15) is 9.37 Å². The molecule has 9 heteroatoms. The van der Waals surface area contributed by atoms with Crippen molar-refractivity contribution in [2.75, 3.05) is 5.73 Å². The molecular formula is C14H10FN7O. The monoisotopic (exact) mass is 311 g/mol. The molecule has 0 saturated heterocycles. The van der Waals surface area contributed by atoms with Crippen LogP contribution >= 0.6 is 0 Å². The predicted octanol–water partition coefficient (Wildman–Crippen LogP) is 1.65. The molecule has 0 saturated carbocycles. The van der Waals surface area contributed by atoms with E-state index in [2.05, 4.69) is 25.3 Å². The van der Waals surface area contributed by atoms with Crippen molar-refractivity contribution in [3.8, 4) is 11.5 Å². The van der Waals surface area contributed by atoms with Crippen molar-refractivity contribution < 1.29 is 8.81 Å². The maximum Gasteiger partial charge on any atom is 0.222 e. The number of fused-ring (bicyclic) bond motifs is 1. The fourth-order valence-corrected chi connectivity index (χ4v) is 2.26. The molecule has 0 atom stereocenters. The molecule has 8 nitrogen and oxygen atoms in total. The Morgan fingerprint density at radius 2 is 2.04 bits per heavy atom. The van der Waals surface area contributed by atoms with E-state index in [0.29, 0.717) is 28.3 Å². The number of hydrogen-bond donors (Lipinski definition) is 1. The van der Waals surface area contributed by atoms with E-state index in [4.69, 9.17) is 10.2 Å². The number of rotatable bonds is 3. The van der Waals surface area contributed by atoms with Crippen LogP contribution in [0.1, 0.15) is 5.69 Å². The largest absolute Gasteiger partial charge is 0.463 e. The first-order chi connectivity index (χ1) is 11.2. The van der Waals surface area contributed by atoms with Gasteiger partial charge >= 0.3 is 0 Å². The number of nitrogens with two attached hydrogens (primary N) is 1. The highest BCUT2D eigenvalue weighted by Gasteiger charge is 2.17. The average molecular weight is 311 g/mol. The van der Waals surface area contributed by atoms with Gasteiger partial charge in [-0.3, -0.25) is 0 Å². The van der Waals surface area contributed by atoms with E-state index >= 15 is 0 Å². The lowest BCUT2D eigenvalue weighted by atomic mass is 10.3. The van der Waals surface area contributed by atoms with Crippen LogP contribution in [0.15, 0.2) is 41.0 Å². The van der Waals surface area contributed by atoms with E-state index in [0.717, 1.165) is 0 Å². The van der Waals surface area contributed by atoms with Crippen molar-refractivity contribution in [2.45, 2.75) is 6.54 Å². The van der Waals surface area contributed by atoms with Crippen molar-refractivity contribution in [3.05, 3.63) is 48.2 Å². The summed E-state index contributed by atoms with van der Waals surface area (Å²) in [4.78, 5) is 12.1. The highest BCUT2D eigenvalue weighted by Crippen LogP contribution is 2.25. The molecule has 0 bridgehead atoms. The summed E-state index contributed by atoms with van der Waals surface area (Å²) >= 11 is 0. The summed E-state index contributed by atoms with van der Waals surface area (Å²) in [5, 5.41) is 8.12. The van der Waals surface area contributed by atoms with Gasteiger partial charge in [0.1, 0.15) is 5.69 Å². The molecule has 4 heterocycles. The second-order valence-electron chi connectivity index (χ2n) is 4.78. The zero-order chi connectivity index (χ0) is 15.8. The number of furan rings is 1. The van der Waals surface area contributed by atoms with E-state index in [1.165, 1.54) is 17.0 Å². The SMILES string of the molecule is Nc1nc(-c2ccco2)c2nnn(Cc3cccc(F)n3)c2n1. The molecule has 4 aromatic rings. The Bertz CT molecular complexity index is 980. The van der Waals surface area contributed by atoms with Gasteiger partial charge in [0.2, 0.25) is 11.9 Å². The Hall–Kier alpha value is -3.36. The summed E-state index contributed by atoms with van der Waals surface area (Å²) in [6.07, 6.45) is 1.53. The van der Waals surface area contributed by atoms with Crippen LogP contribution in [0.3, 0.4) is 0 Å². The Morgan fingerprint density at radius 1 is 1.13 bits per heavy atom. The Balaban J connectivity index is 1.83. The fraction of sp³-hybridized carbons (Fsp3) is 0.0714. The molecule has 114 valence electrons. The average Bonchev–Trinajstić information content (AvgIpc) is 3.17. The van der Waals surface area contributed by atoms with E-state index < -0.39 is 5.95 Å². The lowest BCUT2D eigenvalue weighted by Crippen LogP contribution is -2.06. The Kier molecular flexibility index (Phi) is 2.97. The van der Waals surface area contributed by atoms with Crippen molar-refractivity contribution in [1.29, 1.82) is 0 Å². The quantitative estimate of drug-likeness (QED) is 0.573. The summed E-state index contributed by atoms with van der Waals surface area (Å²) in [6, 6.07) is 8.02. The third-order valence-electron chi connectivity index (χ3n) is 3.22. The van der Waals surface area contributed by atoms with Crippen LogP contribution in [0.25, 0.3) is 22.6 Å². The van der Waals surface area contributed by atoms with Crippen LogP contribution in [-0.4, -0.2) is 29.9 Å².